The van der Waals surface area contributed by atoms with Crippen LogP contribution >= 0.6 is 24.8 Å². The van der Waals surface area contributed by atoms with Gasteiger partial charge in [-0.1, -0.05) is 60.7 Å². The second-order valence-electron chi connectivity index (χ2n) is 6.75. The lowest BCUT2D eigenvalue weighted by Gasteiger charge is -2.23. The molecule has 160 valence electrons. The first kappa shape index (κ1) is 25.2. The van der Waals surface area contributed by atoms with Gasteiger partial charge in [-0.05, 0) is 11.1 Å². The predicted octanol–water partition coefficient (Wildman–Crippen LogP) is 3.68. The molecule has 1 aliphatic heterocycles. The number of likely N-dealkylation sites (tertiary alicyclic amines) is 1. The van der Waals surface area contributed by atoms with Crippen LogP contribution in [0.4, 0.5) is 13.2 Å². The van der Waals surface area contributed by atoms with Gasteiger partial charge in [-0.3, -0.25) is 10.1 Å². The van der Waals surface area contributed by atoms with Crippen molar-refractivity contribution in [3.8, 4) is 0 Å². The Kier molecular flexibility index (Phi) is 9.42. The smallest absolute Gasteiger partial charge is 0.339 e. The van der Waals surface area contributed by atoms with Crippen LogP contribution in [-0.4, -0.2) is 42.7 Å². The quantitative estimate of drug-likeness (QED) is 0.731. The van der Waals surface area contributed by atoms with E-state index in [4.69, 9.17) is 5.73 Å². The first-order chi connectivity index (χ1) is 12.9. The highest BCUT2D eigenvalue weighted by molar-refractivity contribution is 5.85. The van der Waals surface area contributed by atoms with Gasteiger partial charge >= 0.3 is 6.18 Å². The molecule has 2 aromatic rings. The van der Waals surface area contributed by atoms with Gasteiger partial charge in [0.15, 0.2) is 0 Å². The summed E-state index contributed by atoms with van der Waals surface area (Å²) in [6.45, 7) is 0.350. The highest BCUT2D eigenvalue weighted by Crippen LogP contribution is 2.32. The van der Waals surface area contributed by atoms with E-state index in [2.05, 4.69) is 5.32 Å². The molecule has 1 aliphatic rings. The molecule has 1 unspecified atom stereocenters. The van der Waals surface area contributed by atoms with E-state index in [0.717, 1.165) is 5.56 Å². The minimum Gasteiger partial charge on any atom is -0.339 e. The maximum absolute atomic E-state index is 13.4. The number of carbonyl (C=O) groups is 1. The SMILES string of the molecule is Cl.Cl.N[C@@H]1CN(C(=O)CNC(c2ccccc2)C(F)(F)F)C[C@H]1c1ccccc1. The number of nitrogens with zero attached hydrogens (tertiary/aromatic N) is 1. The third-order valence-electron chi connectivity index (χ3n) is 4.86. The lowest BCUT2D eigenvalue weighted by Crippen LogP contribution is -2.42. The van der Waals surface area contributed by atoms with Crippen LogP contribution in [0.2, 0.25) is 0 Å². The molecule has 3 rings (SSSR count). The molecule has 1 heterocycles. The third kappa shape index (κ3) is 6.34. The number of nitrogens with two attached hydrogens (primary N) is 1. The second kappa shape index (κ2) is 10.8. The van der Waals surface area contributed by atoms with Gasteiger partial charge in [0.05, 0.1) is 6.54 Å². The summed E-state index contributed by atoms with van der Waals surface area (Å²) >= 11 is 0. The lowest BCUT2D eigenvalue weighted by atomic mass is 9.95. The second-order valence-corrected chi connectivity index (χ2v) is 6.75. The number of alkyl halides is 3. The van der Waals surface area contributed by atoms with Crippen molar-refractivity contribution in [2.24, 2.45) is 5.73 Å². The van der Waals surface area contributed by atoms with E-state index in [1.54, 1.807) is 18.2 Å². The zero-order chi connectivity index (χ0) is 19.4. The number of carbonyl (C=O) groups excluding carboxylic acids is 1. The highest BCUT2D eigenvalue weighted by atomic mass is 35.5. The van der Waals surface area contributed by atoms with Gasteiger partial charge in [0.1, 0.15) is 6.04 Å². The standard InChI is InChI=1S/C20H22F3N3O.2ClH/c21-20(22,23)19(15-9-5-2-6-10-15)25-11-18(27)26-12-16(17(24)13-26)14-7-3-1-4-8-14;;/h1-10,16-17,19,25H,11-13,24H2;2*1H/t16-,17+,19?;;/m0../s1. The summed E-state index contributed by atoms with van der Waals surface area (Å²) in [5.74, 6) is -0.392. The number of benzene rings is 2. The van der Waals surface area contributed by atoms with Crippen molar-refractivity contribution < 1.29 is 18.0 Å². The molecule has 1 saturated heterocycles. The van der Waals surface area contributed by atoms with Crippen molar-refractivity contribution in [2.45, 2.75) is 24.2 Å². The minimum absolute atomic E-state index is 0. The molecule has 4 nitrogen and oxygen atoms in total. The molecule has 9 heteroatoms. The van der Waals surface area contributed by atoms with Crippen molar-refractivity contribution >= 4 is 30.7 Å². The fraction of sp³-hybridized carbons (Fsp3) is 0.350. The van der Waals surface area contributed by atoms with Crippen LogP contribution in [0.3, 0.4) is 0 Å². The van der Waals surface area contributed by atoms with E-state index in [9.17, 15) is 18.0 Å². The summed E-state index contributed by atoms with van der Waals surface area (Å²) in [4.78, 5) is 14.0. The van der Waals surface area contributed by atoms with Crippen molar-refractivity contribution in [2.75, 3.05) is 19.6 Å². The predicted molar refractivity (Wildman–Crippen MR) is 111 cm³/mol. The summed E-state index contributed by atoms with van der Waals surface area (Å²) in [6, 6.07) is 15.0. The fourth-order valence-corrected chi connectivity index (χ4v) is 3.45. The molecular formula is C20H24Cl2F3N3O. The molecule has 1 fully saturated rings. The maximum atomic E-state index is 13.4. The molecule has 0 bridgehead atoms. The zero-order valence-electron chi connectivity index (χ0n) is 15.5. The Balaban J connectivity index is 0.00000210. The lowest BCUT2D eigenvalue weighted by molar-refractivity contribution is -0.159. The van der Waals surface area contributed by atoms with Gasteiger partial charge in [-0.2, -0.15) is 13.2 Å². The largest absolute Gasteiger partial charge is 0.407 e. The molecule has 0 aromatic heterocycles. The molecule has 0 aliphatic carbocycles. The molecule has 29 heavy (non-hydrogen) atoms. The number of hydrogen-bond acceptors (Lipinski definition) is 3. The highest BCUT2D eigenvalue weighted by Gasteiger charge is 2.41. The van der Waals surface area contributed by atoms with Gasteiger partial charge in [-0.25, -0.2) is 0 Å². The number of amides is 1. The zero-order valence-corrected chi connectivity index (χ0v) is 17.1. The molecule has 0 spiro atoms. The normalized spacial score (nSPS) is 19.8. The number of nitrogens with one attached hydrogen (secondary N) is 1. The third-order valence-corrected chi connectivity index (χ3v) is 4.86. The van der Waals surface area contributed by atoms with Gasteiger partial charge in [0.2, 0.25) is 5.91 Å². The summed E-state index contributed by atoms with van der Waals surface area (Å²) in [7, 11) is 0. The van der Waals surface area contributed by atoms with Crippen LogP contribution in [-0.2, 0) is 4.79 Å². The summed E-state index contributed by atoms with van der Waals surface area (Å²) in [5, 5.41) is 2.37. The summed E-state index contributed by atoms with van der Waals surface area (Å²) < 4.78 is 40.1. The average molecular weight is 450 g/mol. The number of rotatable bonds is 5. The van der Waals surface area contributed by atoms with Crippen LogP contribution in [0.15, 0.2) is 60.7 Å². The molecule has 3 atom stereocenters. The Bertz CT molecular complexity index is 763. The maximum Gasteiger partial charge on any atom is 0.407 e. The van der Waals surface area contributed by atoms with E-state index in [1.165, 1.54) is 17.0 Å². The number of hydrogen-bond donors (Lipinski definition) is 2. The van der Waals surface area contributed by atoms with Crippen LogP contribution in [0.1, 0.15) is 23.1 Å². The molecule has 0 saturated carbocycles. The van der Waals surface area contributed by atoms with Crippen molar-refractivity contribution in [3.63, 3.8) is 0 Å². The van der Waals surface area contributed by atoms with Crippen molar-refractivity contribution in [1.29, 1.82) is 0 Å². The first-order valence-electron chi connectivity index (χ1n) is 8.79. The Hall–Kier alpha value is -1.80. The van der Waals surface area contributed by atoms with E-state index >= 15 is 0 Å². The average Bonchev–Trinajstić information content (AvgIpc) is 3.04. The molecular weight excluding hydrogens is 426 g/mol. The van der Waals surface area contributed by atoms with Crippen molar-refractivity contribution in [3.05, 3.63) is 71.8 Å². The topological polar surface area (TPSA) is 58.4 Å². The minimum atomic E-state index is -4.49. The molecule has 3 N–H and O–H groups in total. The Morgan fingerprint density at radius 2 is 1.59 bits per heavy atom. The fourth-order valence-electron chi connectivity index (χ4n) is 3.45. The molecule has 0 radical (unpaired) electrons. The first-order valence-corrected chi connectivity index (χ1v) is 8.79. The van der Waals surface area contributed by atoms with Crippen LogP contribution in [0.5, 0.6) is 0 Å². The summed E-state index contributed by atoms with van der Waals surface area (Å²) in [6.07, 6.45) is -4.49. The van der Waals surface area contributed by atoms with Crippen LogP contribution in [0, 0.1) is 0 Å². The van der Waals surface area contributed by atoms with Crippen molar-refractivity contribution in [1.82, 2.24) is 10.2 Å². The Morgan fingerprint density at radius 3 is 2.14 bits per heavy atom. The van der Waals surface area contributed by atoms with Crippen LogP contribution in [0.25, 0.3) is 0 Å². The molecule has 1 amide bonds. The van der Waals surface area contributed by atoms with E-state index < -0.39 is 18.8 Å². The van der Waals surface area contributed by atoms with Gasteiger partial charge in [0.25, 0.3) is 0 Å². The van der Waals surface area contributed by atoms with Gasteiger partial charge in [0, 0.05) is 25.0 Å². The summed E-state index contributed by atoms with van der Waals surface area (Å²) in [5.41, 5.74) is 7.28. The Labute approximate surface area is 180 Å². The molecule has 2 aromatic carbocycles. The van der Waals surface area contributed by atoms with Gasteiger partial charge < -0.3 is 10.6 Å². The number of halogens is 5. The van der Waals surface area contributed by atoms with E-state index in [-0.39, 0.29) is 48.2 Å². The van der Waals surface area contributed by atoms with E-state index in [0.29, 0.717) is 13.1 Å². The Morgan fingerprint density at radius 1 is 1.03 bits per heavy atom. The van der Waals surface area contributed by atoms with Gasteiger partial charge in [-0.15, -0.1) is 24.8 Å². The van der Waals surface area contributed by atoms with E-state index in [1.807, 2.05) is 30.3 Å². The monoisotopic (exact) mass is 449 g/mol. The van der Waals surface area contributed by atoms with Crippen LogP contribution < -0.4 is 11.1 Å².